The van der Waals surface area contributed by atoms with Gasteiger partial charge in [-0.05, 0) is 49.7 Å². The van der Waals surface area contributed by atoms with Crippen LogP contribution in [0.25, 0.3) is 16.9 Å². The topological polar surface area (TPSA) is 72.4 Å². The maximum Gasteiger partial charge on any atom is 0.291 e. The van der Waals surface area contributed by atoms with E-state index in [1.807, 2.05) is 62.4 Å². The molecule has 2 aromatic heterocycles. The zero-order valence-corrected chi connectivity index (χ0v) is 16.2. The molecule has 0 aliphatic rings. The quantitative estimate of drug-likeness (QED) is 0.406. The number of carbonyl (C=O) groups excluding carboxylic acids is 1. The lowest BCUT2D eigenvalue weighted by Crippen LogP contribution is -2.18. The number of nitrogens with one attached hydrogen (secondary N) is 1. The number of nitrogens with zero attached hydrogens (tertiary/aromatic N) is 3. The van der Waals surface area contributed by atoms with Crippen LogP contribution in [-0.2, 0) is 0 Å². The summed E-state index contributed by atoms with van der Waals surface area (Å²) >= 11 is 0. The number of aromatic nitrogens is 2. The predicted molar refractivity (Wildman–Crippen MR) is 112 cm³/mol. The zero-order chi connectivity index (χ0) is 20.2. The number of carbonyl (C=O) groups is 1. The molecule has 1 N–H and O–H groups in total. The molecular weight excluding hydrogens is 364 g/mol. The minimum atomic E-state index is -0.396. The Morgan fingerprint density at radius 1 is 1.03 bits per heavy atom. The molecule has 0 fully saturated rings. The number of hydrazone groups is 1. The Bertz CT molecular complexity index is 1160. The van der Waals surface area contributed by atoms with Crippen molar-refractivity contribution in [2.75, 3.05) is 0 Å². The lowest BCUT2D eigenvalue weighted by Gasteiger charge is -2.08. The molecule has 1 amide bonds. The zero-order valence-electron chi connectivity index (χ0n) is 16.2. The van der Waals surface area contributed by atoms with E-state index in [0.717, 1.165) is 22.5 Å². The third-order valence-corrected chi connectivity index (χ3v) is 4.44. The summed E-state index contributed by atoms with van der Waals surface area (Å²) in [5, 5.41) is 8.48. The lowest BCUT2D eigenvalue weighted by atomic mass is 10.1. The molecule has 4 aromatic rings. The molecule has 29 heavy (non-hydrogen) atoms. The number of benzene rings is 2. The Balaban J connectivity index is 1.69. The van der Waals surface area contributed by atoms with E-state index in [1.54, 1.807) is 29.1 Å². The Labute approximate surface area is 168 Å². The van der Waals surface area contributed by atoms with Gasteiger partial charge in [0.2, 0.25) is 0 Å². The Hall–Kier alpha value is -3.93. The van der Waals surface area contributed by atoms with Gasteiger partial charge in [-0.15, -0.1) is 0 Å². The van der Waals surface area contributed by atoms with Gasteiger partial charge in [0.25, 0.3) is 5.91 Å². The number of aryl methyl sites for hydroxylation is 2. The maximum atomic E-state index is 12.6. The molecule has 0 aliphatic heterocycles. The van der Waals surface area contributed by atoms with Gasteiger partial charge in [0.05, 0.1) is 23.9 Å². The van der Waals surface area contributed by atoms with Crippen molar-refractivity contribution in [1.29, 1.82) is 0 Å². The third kappa shape index (κ3) is 4.16. The Morgan fingerprint density at radius 2 is 1.86 bits per heavy atom. The summed E-state index contributed by atoms with van der Waals surface area (Å²) in [5.41, 5.74) is 7.74. The van der Waals surface area contributed by atoms with E-state index in [0.29, 0.717) is 5.76 Å². The van der Waals surface area contributed by atoms with Crippen molar-refractivity contribution >= 4 is 12.1 Å². The fourth-order valence-electron chi connectivity index (χ4n) is 2.96. The molecule has 144 valence electrons. The van der Waals surface area contributed by atoms with Crippen LogP contribution < -0.4 is 5.43 Å². The van der Waals surface area contributed by atoms with Crippen LogP contribution in [0.4, 0.5) is 0 Å². The molecule has 0 unspecified atom stereocenters. The van der Waals surface area contributed by atoms with E-state index >= 15 is 0 Å². The molecule has 4 rings (SSSR count). The molecule has 0 saturated heterocycles. The number of hydrogen-bond acceptors (Lipinski definition) is 4. The summed E-state index contributed by atoms with van der Waals surface area (Å²) in [6.45, 7) is 4.06. The van der Waals surface area contributed by atoms with E-state index in [4.69, 9.17) is 4.42 Å². The average Bonchev–Trinajstić information content (AvgIpc) is 3.38. The molecule has 2 aromatic carbocycles. The van der Waals surface area contributed by atoms with E-state index in [2.05, 4.69) is 15.6 Å². The molecule has 0 radical (unpaired) electrons. The van der Waals surface area contributed by atoms with Gasteiger partial charge in [-0.1, -0.05) is 42.0 Å². The largest absolute Gasteiger partial charge is 0.463 e. The van der Waals surface area contributed by atoms with Crippen LogP contribution in [0.15, 0.2) is 82.5 Å². The van der Waals surface area contributed by atoms with Crippen LogP contribution in [0.3, 0.4) is 0 Å². The second-order valence-corrected chi connectivity index (χ2v) is 6.75. The third-order valence-electron chi connectivity index (χ3n) is 4.44. The van der Waals surface area contributed by atoms with Crippen molar-refractivity contribution in [2.45, 2.75) is 13.8 Å². The lowest BCUT2D eigenvalue weighted by molar-refractivity contribution is 0.0949. The van der Waals surface area contributed by atoms with Gasteiger partial charge in [-0.2, -0.15) is 10.2 Å². The van der Waals surface area contributed by atoms with Crippen LogP contribution in [0.5, 0.6) is 0 Å². The standard InChI is InChI=1S/C23H20N4O2/c1-16-8-10-18(11-9-16)22-14-21(23(28)25-24-15-20-7-4-12-29-20)26-27(22)19-6-3-5-17(2)13-19/h3-15H,1-2H3,(H,25,28)/b24-15-. The van der Waals surface area contributed by atoms with Crippen LogP contribution >= 0.6 is 0 Å². The molecule has 0 saturated carbocycles. The van der Waals surface area contributed by atoms with Gasteiger partial charge in [0, 0.05) is 5.56 Å². The predicted octanol–water partition coefficient (Wildman–Crippen LogP) is 4.51. The maximum absolute atomic E-state index is 12.6. The highest BCUT2D eigenvalue weighted by Crippen LogP contribution is 2.25. The Morgan fingerprint density at radius 3 is 2.59 bits per heavy atom. The normalized spacial score (nSPS) is 11.1. The van der Waals surface area contributed by atoms with Gasteiger partial charge in [-0.3, -0.25) is 4.79 Å². The molecule has 0 atom stereocenters. The Kier molecular flexibility index (Phi) is 5.07. The molecule has 6 nitrogen and oxygen atoms in total. The molecular formula is C23H20N4O2. The molecule has 0 bridgehead atoms. The van der Waals surface area contributed by atoms with Crippen molar-refractivity contribution in [1.82, 2.24) is 15.2 Å². The first kappa shape index (κ1) is 18.4. The van der Waals surface area contributed by atoms with Crippen LogP contribution in [0.2, 0.25) is 0 Å². The summed E-state index contributed by atoms with van der Waals surface area (Å²) in [6.07, 6.45) is 2.98. The van der Waals surface area contributed by atoms with Gasteiger partial charge >= 0.3 is 0 Å². The molecule has 0 spiro atoms. The highest BCUT2D eigenvalue weighted by atomic mass is 16.3. The van der Waals surface area contributed by atoms with Crippen molar-refractivity contribution in [3.05, 3.63) is 95.6 Å². The minimum Gasteiger partial charge on any atom is -0.463 e. The number of furan rings is 1. The van der Waals surface area contributed by atoms with Gasteiger partial charge in [0.1, 0.15) is 5.76 Å². The summed E-state index contributed by atoms with van der Waals surface area (Å²) in [5.74, 6) is 0.156. The van der Waals surface area contributed by atoms with Gasteiger partial charge in [0.15, 0.2) is 5.69 Å². The summed E-state index contributed by atoms with van der Waals surface area (Å²) in [4.78, 5) is 12.6. The van der Waals surface area contributed by atoms with E-state index in [9.17, 15) is 4.79 Å². The van der Waals surface area contributed by atoms with Gasteiger partial charge < -0.3 is 4.42 Å². The highest BCUT2D eigenvalue weighted by molar-refractivity contribution is 5.94. The number of rotatable bonds is 5. The second kappa shape index (κ2) is 7.98. The average molecular weight is 384 g/mol. The van der Waals surface area contributed by atoms with Crippen molar-refractivity contribution in [2.24, 2.45) is 5.10 Å². The van der Waals surface area contributed by atoms with Gasteiger partial charge in [-0.25, -0.2) is 10.1 Å². The van der Waals surface area contributed by atoms with E-state index in [-0.39, 0.29) is 5.69 Å². The van der Waals surface area contributed by atoms with Crippen molar-refractivity contribution in [3.63, 3.8) is 0 Å². The van der Waals surface area contributed by atoms with Crippen LogP contribution in [-0.4, -0.2) is 21.9 Å². The first-order chi connectivity index (χ1) is 14.1. The monoisotopic (exact) mass is 384 g/mol. The molecule has 2 heterocycles. The number of amides is 1. The summed E-state index contributed by atoms with van der Waals surface area (Å²) in [6, 6.07) is 21.4. The summed E-state index contributed by atoms with van der Waals surface area (Å²) < 4.78 is 6.94. The summed E-state index contributed by atoms with van der Waals surface area (Å²) in [7, 11) is 0. The van der Waals surface area contributed by atoms with E-state index in [1.165, 1.54) is 11.8 Å². The SMILES string of the molecule is Cc1ccc(-c2cc(C(=O)N/N=C\c3ccco3)nn2-c2cccc(C)c2)cc1. The second-order valence-electron chi connectivity index (χ2n) is 6.75. The minimum absolute atomic E-state index is 0.277. The first-order valence-corrected chi connectivity index (χ1v) is 9.21. The highest BCUT2D eigenvalue weighted by Gasteiger charge is 2.16. The molecule has 0 aliphatic carbocycles. The van der Waals surface area contributed by atoms with Crippen molar-refractivity contribution in [3.8, 4) is 16.9 Å². The first-order valence-electron chi connectivity index (χ1n) is 9.21. The van der Waals surface area contributed by atoms with Crippen LogP contribution in [0, 0.1) is 13.8 Å². The van der Waals surface area contributed by atoms with Crippen molar-refractivity contribution < 1.29 is 9.21 Å². The molecule has 6 heteroatoms. The smallest absolute Gasteiger partial charge is 0.291 e. The number of hydrogen-bond donors (Lipinski definition) is 1. The fourth-order valence-corrected chi connectivity index (χ4v) is 2.96. The fraction of sp³-hybridized carbons (Fsp3) is 0.0870. The van der Waals surface area contributed by atoms with Crippen LogP contribution in [0.1, 0.15) is 27.4 Å². The van der Waals surface area contributed by atoms with E-state index < -0.39 is 5.91 Å².